The van der Waals surface area contributed by atoms with Crippen molar-refractivity contribution in [2.75, 3.05) is 14.2 Å². The lowest BCUT2D eigenvalue weighted by Gasteiger charge is -2.13. The Balaban J connectivity index is 1.73. The molecule has 0 fully saturated rings. The molecular weight excluding hydrogens is 402 g/mol. The first-order chi connectivity index (χ1) is 15.6. The maximum absolute atomic E-state index is 13.1. The Labute approximate surface area is 186 Å². The van der Waals surface area contributed by atoms with E-state index >= 15 is 0 Å². The zero-order valence-electron chi connectivity index (χ0n) is 18.1. The molecule has 0 unspecified atom stereocenters. The molecule has 1 aromatic heterocycles. The number of amides is 1. The summed E-state index contributed by atoms with van der Waals surface area (Å²) in [4.78, 5) is 17.8. The van der Waals surface area contributed by atoms with Crippen LogP contribution in [0, 0.1) is 6.92 Å². The number of hydrogen-bond acceptors (Lipinski definition) is 5. The lowest BCUT2D eigenvalue weighted by Crippen LogP contribution is -2.18. The number of aryl methyl sites for hydroxylation is 1. The zero-order valence-corrected chi connectivity index (χ0v) is 18.1. The second-order valence-corrected chi connectivity index (χ2v) is 7.25. The Morgan fingerprint density at radius 3 is 2.50 bits per heavy atom. The number of methoxy groups -OCH3 is 2. The molecule has 4 aromatic rings. The summed E-state index contributed by atoms with van der Waals surface area (Å²) < 4.78 is 10.9. The van der Waals surface area contributed by atoms with Crippen LogP contribution in [0.1, 0.15) is 21.5 Å². The van der Waals surface area contributed by atoms with Gasteiger partial charge in [0.25, 0.3) is 5.91 Å². The summed E-state index contributed by atoms with van der Waals surface area (Å²) in [6.45, 7) is 2.02. The number of rotatable bonds is 6. The maximum atomic E-state index is 13.1. The molecule has 0 saturated heterocycles. The third-order valence-electron chi connectivity index (χ3n) is 5.10. The SMILES string of the molecule is COc1ccc(OC)c(-c2cc(C(=O)N/N=C/c3ccc(C)cc3)c3ccccc3n2)c1. The van der Waals surface area contributed by atoms with Crippen molar-refractivity contribution in [3.63, 3.8) is 0 Å². The van der Waals surface area contributed by atoms with Gasteiger partial charge >= 0.3 is 0 Å². The zero-order chi connectivity index (χ0) is 22.5. The first-order valence-electron chi connectivity index (χ1n) is 10.1. The number of carbonyl (C=O) groups excluding carboxylic acids is 1. The molecule has 1 heterocycles. The first-order valence-corrected chi connectivity index (χ1v) is 10.1. The highest BCUT2D eigenvalue weighted by Crippen LogP contribution is 2.34. The number of benzene rings is 3. The number of nitrogens with zero attached hydrogens (tertiary/aromatic N) is 2. The number of aromatic nitrogens is 1. The van der Waals surface area contributed by atoms with E-state index in [4.69, 9.17) is 14.5 Å². The molecule has 1 N–H and O–H groups in total. The van der Waals surface area contributed by atoms with Crippen LogP contribution in [0.2, 0.25) is 0 Å². The van der Waals surface area contributed by atoms with Crippen molar-refractivity contribution >= 4 is 23.0 Å². The number of hydrogen-bond donors (Lipinski definition) is 1. The summed E-state index contributed by atoms with van der Waals surface area (Å²) in [7, 11) is 3.20. The minimum Gasteiger partial charge on any atom is -0.497 e. The Morgan fingerprint density at radius 1 is 0.969 bits per heavy atom. The van der Waals surface area contributed by atoms with E-state index in [-0.39, 0.29) is 5.91 Å². The Bertz CT molecular complexity index is 1300. The van der Waals surface area contributed by atoms with E-state index in [1.54, 1.807) is 26.5 Å². The van der Waals surface area contributed by atoms with E-state index < -0.39 is 0 Å². The van der Waals surface area contributed by atoms with Crippen LogP contribution in [-0.4, -0.2) is 31.3 Å². The van der Waals surface area contributed by atoms with Crippen molar-refractivity contribution in [3.05, 3.63) is 89.5 Å². The van der Waals surface area contributed by atoms with Crippen LogP contribution in [0.15, 0.2) is 77.9 Å². The highest BCUT2D eigenvalue weighted by Gasteiger charge is 2.16. The van der Waals surface area contributed by atoms with E-state index in [0.717, 1.165) is 22.1 Å². The third-order valence-corrected chi connectivity index (χ3v) is 5.10. The quantitative estimate of drug-likeness (QED) is 0.349. The molecule has 0 radical (unpaired) electrons. The Hall–Kier alpha value is -4.19. The highest BCUT2D eigenvalue weighted by atomic mass is 16.5. The summed E-state index contributed by atoms with van der Waals surface area (Å²) in [6.07, 6.45) is 1.62. The van der Waals surface area contributed by atoms with Gasteiger partial charge in [0.05, 0.1) is 37.2 Å². The topological polar surface area (TPSA) is 72.8 Å². The molecule has 0 atom stereocenters. The number of hydrazone groups is 1. The summed E-state index contributed by atoms with van der Waals surface area (Å²) >= 11 is 0. The minimum atomic E-state index is -0.324. The van der Waals surface area contributed by atoms with Gasteiger partial charge in [-0.2, -0.15) is 5.10 Å². The molecule has 0 aliphatic carbocycles. The van der Waals surface area contributed by atoms with Gasteiger partial charge in [-0.25, -0.2) is 10.4 Å². The minimum absolute atomic E-state index is 0.324. The Morgan fingerprint density at radius 2 is 1.75 bits per heavy atom. The molecule has 4 rings (SSSR count). The van der Waals surface area contributed by atoms with E-state index in [1.807, 2.05) is 73.7 Å². The number of fused-ring (bicyclic) bond motifs is 1. The van der Waals surface area contributed by atoms with Gasteiger partial charge < -0.3 is 9.47 Å². The van der Waals surface area contributed by atoms with Crippen LogP contribution < -0.4 is 14.9 Å². The predicted octanol–water partition coefficient (Wildman–Crippen LogP) is 4.99. The second-order valence-electron chi connectivity index (χ2n) is 7.25. The molecule has 32 heavy (non-hydrogen) atoms. The fourth-order valence-electron chi connectivity index (χ4n) is 3.39. The van der Waals surface area contributed by atoms with Crippen molar-refractivity contribution in [2.45, 2.75) is 6.92 Å². The number of ether oxygens (including phenoxy) is 2. The van der Waals surface area contributed by atoms with Gasteiger partial charge in [0.1, 0.15) is 11.5 Å². The molecule has 6 nitrogen and oxygen atoms in total. The summed E-state index contributed by atoms with van der Waals surface area (Å²) in [5.41, 5.74) is 7.19. The summed E-state index contributed by atoms with van der Waals surface area (Å²) in [5, 5.41) is 4.87. The number of pyridine rings is 1. The van der Waals surface area contributed by atoms with Gasteiger partial charge in [-0.05, 0) is 42.8 Å². The van der Waals surface area contributed by atoms with Crippen molar-refractivity contribution < 1.29 is 14.3 Å². The van der Waals surface area contributed by atoms with Crippen LogP contribution in [-0.2, 0) is 0 Å². The molecule has 160 valence electrons. The van der Waals surface area contributed by atoms with Crippen molar-refractivity contribution in [2.24, 2.45) is 5.10 Å². The lowest BCUT2D eigenvalue weighted by atomic mass is 10.0. The number of carbonyl (C=O) groups is 1. The smallest absolute Gasteiger partial charge is 0.272 e. The fraction of sp³-hybridized carbons (Fsp3) is 0.115. The van der Waals surface area contributed by atoms with E-state index in [2.05, 4.69) is 10.5 Å². The van der Waals surface area contributed by atoms with Crippen LogP contribution in [0.3, 0.4) is 0 Å². The second kappa shape index (κ2) is 9.31. The van der Waals surface area contributed by atoms with Gasteiger partial charge in [-0.3, -0.25) is 4.79 Å². The monoisotopic (exact) mass is 425 g/mol. The van der Waals surface area contributed by atoms with Crippen LogP contribution in [0.25, 0.3) is 22.2 Å². The van der Waals surface area contributed by atoms with E-state index in [9.17, 15) is 4.79 Å². The van der Waals surface area contributed by atoms with Crippen LogP contribution in [0.5, 0.6) is 11.5 Å². The molecule has 1 amide bonds. The first kappa shape index (κ1) is 21.1. The predicted molar refractivity (Wildman–Crippen MR) is 127 cm³/mol. The molecule has 3 aromatic carbocycles. The van der Waals surface area contributed by atoms with Crippen molar-refractivity contribution in [3.8, 4) is 22.8 Å². The molecule has 0 spiro atoms. The molecule has 0 aliphatic rings. The highest BCUT2D eigenvalue weighted by molar-refractivity contribution is 6.07. The Kier molecular flexibility index (Phi) is 6.12. The molecular formula is C26H23N3O3. The average Bonchev–Trinajstić information content (AvgIpc) is 2.84. The standard InChI is InChI=1S/C26H23N3O3/c1-17-8-10-18(11-9-17)16-27-29-26(30)21-15-24(28-23-7-5-4-6-20(21)23)22-14-19(31-2)12-13-25(22)32-3/h4-16H,1-3H3,(H,29,30)/b27-16+. The molecule has 6 heteroatoms. The largest absolute Gasteiger partial charge is 0.497 e. The van der Waals surface area contributed by atoms with Gasteiger partial charge in [0.15, 0.2) is 0 Å². The van der Waals surface area contributed by atoms with E-state index in [0.29, 0.717) is 28.3 Å². The molecule has 0 bridgehead atoms. The third kappa shape index (κ3) is 4.44. The van der Waals surface area contributed by atoms with Crippen LogP contribution >= 0.6 is 0 Å². The number of nitrogens with one attached hydrogen (secondary N) is 1. The fourth-order valence-corrected chi connectivity index (χ4v) is 3.39. The number of para-hydroxylation sites is 1. The summed E-state index contributed by atoms with van der Waals surface area (Å²) in [6, 6.07) is 22.6. The normalized spacial score (nSPS) is 11.0. The lowest BCUT2D eigenvalue weighted by molar-refractivity contribution is 0.0956. The maximum Gasteiger partial charge on any atom is 0.272 e. The van der Waals surface area contributed by atoms with Gasteiger partial charge in [0, 0.05) is 10.9 Å². The average molecular weight is 425 g/mol. The van der Waals surface area contributed by atoms with Crippen molar-refractivity contribution in [1.82, 2.24) is 10.4 Å². The van der Waals surface area contributed by atoms with Gasteiger partial charge in [-0.1, -0.05) is 48.0 Å². The van der Waals surface area contributed by atoms with E-state index in [1.165, 1.54) is 0 Å². The van der Waals surface area contributed by atoms with Crippen molar-refractivity contribution in [1.29, 1.82) is 0 Å². The van der Waals surface area contributed by atoms with Gasteiger partial charge in [-0.15, -0.1) is 0 Å². The van der Waals surface area contributed by atoms with Crippen LogP contribution in [0.4, 0.5) is 0 Å². The summed E-state index contributed by atoms with van der Waals surface area (Å²) in [5.74, 6) is 0.983. The van der Waals surface area contributed by atoms with Gasteiger partial charge in [0.2, 0.25) is 0 Å². The molecule has 0 aliphatic heterocycles. The molecule has 0 saturated carbocycles.